The molecule has 0 aliphatic rings. The van der Waals surface area contributed by atoms with Gasteiger partial charge in [0.25, 0.3) is 0 Å². The molecule has 2 rings (SSSR count). The van der Waals surface area contributed by atoms with Crippen LogP contribution >= 0.6 is 0 Å². The Morgan fingerprint density at radius 2 is 1.70 bits per heavy atom. The second-order valence-corrected chi connectivity index (χ2v) is 7.18. The molecule has 0 spiro atoms. The molecule has 2 aromatic carbocycles. The van der Waals surface area contributed by atoms with E-state index in [1.165, 1.54) is 19.1 Å². The zero-order valence-corrected chi connectivity index (χ0v) is 14.1. The van der Waals surface area contributed by atoms with E-state index in [1.54, 1.807) is 24.3 Å². The van der Waals surface area contributed by atoms with E-state index < -0.39 is 22.0 Å². The third-order valence-corrected chi connectivity index (χ3v) is 4.98. The van der Waals surface area contributed by atoms with Gasteiger partial charge in [-0.15, -0.1) is 0 Å². The highest BCUT2D eigenvalue weighted by Gasteiger charge is 2.22. The van der Waals surface area contributed by atoms with Gasteiger partial charge in [-0.2, -0.15) is 4.72 Å². The molecule has 122 valence electrons. The third kappa shape index (κ3) is 4.40. The molecule has 2 aromatic rings. The number of rotatable bonds is 5. The lowest BCUT2D eigenvalue weighted by Gasteiger charge is -2.15. The maximum absolute atomic E-state index is 12.2. The van der Waals surface area contributed by atoms with Crippen molar-refractivity contribution in [2.45, 2.75) is 31.7 Å². The summed E-state index contributed by atoms with van der Waals surface area (Å²) in [6, 6.07) is 12.7. The summed E-state index contributed by atoms with van der Waals surface area (Å²) in [6.07, 6.45) is 0. The number of nitrogens with one attached hydrogen (secondary N) is 2. The standard InChI is InChI=1S/C17H20N2O3S/c1-12-9-10-16(13(2)11-12)18-17(20)14(3)19-23(21,22)15-7-5-4-6-8-15/h4-11,14,19H,1-3H3,(H,18,20). The van der Waals surface area contributed by atoms with Gasteiger partial charge in [0.15, 0.2) is 0 Å². The van der Waals surface area contributed by atoms with Crippen LogP contribution in [0.4, 0.5) is 5.69 Å². The molecule has 0 aliphatic heterocycles. The quantitative estimate of drug-likeness (QED) is 0.884. The van der Waals surface area contributed by atoms with Crippen molar-refractivity contribution in [3.05, 3.63) is 59.7 Å². The summed E-state index contributed by atoms with van der Waals surface area (Å²) in [7, 11) is -3.72. The van der Waals surface area contributed by atoms with E-state index in [9.17, 15) is 13.2 Å². The third-order valence-electron chi connectivity index (χ3n) is 3.42. The van der Waals surface area contributed by atoms with E-state index in [2.05, 4.69) is 10.0 Å². The van der Waals surface area contributed by atoms with Gasteiger partial charge in [-0.1, -0.05) is 35.9 Å². The molecule has 0 aromatic heterocycles. The Bertz CT molecular complexity index is 802. The van der Waals surface area contributed by atoms with Crippen molar-refractivity contribution in [1.29, 1.82) is 0 Å². The van der Waals surface area contributed by atoms with Crippen LogP contribution in [0.5, 0.6) is 0 Å². The number of carbonyl (C=O) groups excluding carboxylic acids is 1. The Labute approximate surface area is 136 Å². The fraction of sp³-hybridized carbons (Fsp3) is 0.235. The highest BCUT2D eigenvalue weighted by Crippen LogP contribution is 2.16. The number of benzene rings is 2. The van der Waals surface area contributed by atoms with Crippen LogP contribution in [0.25, 0.3) is 0 Å². The predicted molar refractivity (Wildman–Crippen MR) is 90.8 cm³/mol. The molecule has 6 heteroatoms. The monoisotopic (exact) mass is 332 g/mol. The molecular formula is C17H20N2O3S. The first kappa shape index (κ1) is 17.2. The van der Waals surface area contributed by atoms with Gasteiger partial charge in [-0.3, -0.25) is 4.79 Å². The van der Waals surface area contributed by atoms with E-state index in [-0.39, 0.29) is 4.90 Å². The number of sulfonamides is 1. The molecule has 0 saturated carbocycles. The van der Waals surface area contributed by atoms with Gasteiger partial charge in [0, 0.05) is 5.69 Å². The molecule has 0 saturated heterocycles. The Kier molecular flexibility index (Phi) is 5.18. The lowest BCUT2D eigenvalue weighted by atomic mass is 10.1. The first-order valence-corrected chi connectivity index (χ1v) is 8.73. The molecule has 0 bridgehead atoms. The largest absolute Gasteiger partial charge is 0.324 e. The molecule has 1 unspecified atom stereocenters. The minimum absolute atomic E-state index is 0.131. The van der Waals surface area contributed by atoms with Gasteiger partial charge in [-0.25, -0.2) is 8.42 Å². The average molecular weight is 332 g/mol. The van der Waals surface area contributed by atoms with Crippen LogP contribution in [0.2, 0.25) is 0 Å². The number of hydrogen-bond acceptors (Lipinski definition) is 3. The Morgan fingerprint density at radius 3 is 2.30 bits per heavy atom. The van der Waals surface area contributed by atoms with Crippen LogP contribution in [-0.2, 0) is 14.8 Å². The van der Waals surface area contributed by atoms with Crippen molar-refractivity contribution >= 4 is 21.6 Å². The average Bonchev–Trinajstić information content (AvgIpc) is 2.50. The van der Waals surface area contributed by atoms with Crippen LogP contribution in [-0.4, -0.2) is 20.4 Å². The van der Waals surface area contributed by atoms with Crippen LogP contribution in [0.3, 0.4) is 0 Å². The van der Waals surface area contributed by atoms with E-state index in [0.717, 1.165) is 11.1 Å². The number of hydrogen-bond donors (Lipinski definition) is 2. The molecular weight excluding hydrogens is 312 g/mol. The van der Waals surface area contributed by atoms with E-state index in [4.69, 9.17) is 0 Å². The summed E-state index contributed by atoms with van der Waals surface area (Å²) < 4.78 is 26.8. The Balaban J connectivity index is 2.08. The highest BCUT2D eigenvalue weighted by atomic mass is 32.2. The van der Waals surface area contributed by atoms with Gasteiger partial charge in [0.2, 0.25) is 15.9 Å². The van der Waals surface area contributed by atoms with E-state index in [0.29, 0.717) is 5.69 Å². The maximum atomic E-state index is 12.2. The Hall–Kier alpha value is -2.18. The molecule has 5 nitrogen and oxygen atoms in total. The minimum Gasteiger partial charge on any atom is -0.324 e. The minimum atomic E-state index is -3.72. The summed E-state index contributed by atoms with van der Waals surface area (Å²) in [5.41, 5.74) is 2.70. The number of amides is 1. The van der Waals surface area contributed by atoms with E-state index in [1.807, 2.05) is 26.0 Å². The Morgan fingerprint density at radius 1 is 1.04 bits per heavy atom. The van der Waals surface area contributed by atoms with Gasteiger partial charge in [0.05, 0.1) is 10.9 Å². The van der Waals surface area contributed by atoms with Crippen molar-refractivity contribution in [1.82, 2.24) is 4.72 Å². The van der Waals surface area contributed by atoms with E-state index >= 15 is 0 Å². The molecule has 23 heavy (non-hydrogen) atoms. The molecule has 1 amide bonds. The van der Waals surface area contributed by atoms with Gasteiger partial charge >= 0.3 is 0 Å². The van der Waals surface area contributed by atoms with Crippen molar-refractivity contribution in [3.8, 4) is 0 Å². The fourth-order valence-corrected chi connectivity index (χ4v) is 3.37. The van der Waals surface area contributed by atoms with Crippen LogP contribution in [0.1, 0.15) is 18.1 Å². The summed E-state index contributed by atoms with van der Waals surface area (Å²) in [4.78, 5) is 12.4. The van der Waals surface area contributed by atoms with Crippen LogP contribution in [0.15, 0.2) is 53.4 Å². The summed E-state index contributed by atoms with van der Waals surface area (Å²) in [6.45, 7) is 5.37. The number of aryl methyl sites for hydroxylation is 2. The zero-order valence-electron chi connectivity index (χ0n) is 13.3. The van der Waals surface area contributed by atoms with Gasteiger partial charge in [-0.05, 0) is 44.5 Å². The summed E-state index contributed by atoms with van der Waals surface area (Å²) >= 11 is 0. The van der Waals surface area contributed by atoms with Crippen molar-refractivity contribution in [3.63, 3.8) is 0 Å². The molecule has 0 fully saturated rings. The van der Waals surface area contributed by atoms with Crippen LogP contribution in [0, 0.1) is 13.8 Å². The number of carbonyl (C=O) groups is 1. The van der Waals surface area contributed by atoms with Crippen molar-refractivity contribution in [2.24, 2.45) is 0 Å². The summed E-state index contributed by atoms with van der Waals surface area (Å²) in [5, 5.41) is 2.75. The van der Waals surface area contributed by atoms with Crippen LogP contribution < -0.4 is 10.0 Å². The molecule has 1 atom stereocenters. The second-order valence-electron chi connectivity index (χ2n) is 5.46. The maximum Gasteiger partial charge on any atom is 0.242 e. The topological polar surface area (TPSA) is 75.3 Å². The van der Waals surface area contributed by atoms with Gasteiger partial charge < -0.3 is 5.32 Å². The predicted octanol–water partition coefficient (Wildman–Crippen LogP) is 2.61. The fourth-order valence-electron chi connectivity index (χ4n) is 2.15. The lowest BCUT2D eigenvalue weighted by Crippen LogP contribution is -2.41. The molecule has 2 N–H and O–H groups in total. The SMILES string of the molecule is Cc1ccc(NC(=O)C(C)NS(=O)(=O)c2ccccc2)c(C)c1. The first-order valence-electron chi connectivity index (χ1n) is 7.25. The smallest absolute Gasteiger partial charge is 0.242 e. The molecule has 0 heterocycles. The lowest BCUT2D eigenvalue weighted by molar-refractivity contribution is -0.117. The highest BCUT2D eigenvalue weighted by molar-refractivity contribution is 7.89. The zero-order chi connectivity index (χ0) is 17.0. The van der Waals surface area contributed by atoms with Crippen molar-refractivity contribution < 1.29 is 13.2 Å². The van der Waals surface area contributed by atoms with Gasteiger partial charge in [0.1, 0.15) is 0 Å². The number of anilines is 1. The second kappa shape index (κ2) is 6.93. The molecule has 0 radical (unpaired) electrons. The summed E-state index contributed by atoms with van der Waals surface area (Å²) in [5.74, 6) is -0.406. The molecule has 0 aliphatic carbocycles. The normalized spacial score (nSPS) is 12.7. The van der Waals surface area contributed by atoms with Crippen molar-refractivity contribution in [2.75, 3.05) is 5.32 Å². The first-order chi connectivity index (χ1) is 10.8.